The highest BCUT2D eigenvalue weighted by atomic mass is 16.5. The van der Waals surface area contributed by atoms with Crippen molar-refractivity contribution in [3.8, 4) is 5.88 Å². The van der Waals surface area contributed by atoms with Crippen molar-refractivity contribution >= 4 is 5.96 Å². The standard InChI is InChI=1S/C20H34N4O2/c1-15(2)10-16(3)26-19-11-17(6-8-22-19)12-23-20(21-4)24-9-7-18(13-24)14-25-5/h6,8,11,15-16,18H,7,9-10,12-14H2,1-5H3,(H,21,23). The van der Waals surface area contributed by atoms with Gasteiger partial charge in [-0.1, -0.05) is 13.8 Å². The Morgan fingerprint density at radius 2 is 2.23 bits per heavy atom. The van der Waals surface area contributed by atoms with Crippen molar-refractivity contribution in [3.05, 3.63) is 23.9 Å². The molecule has 2 atom stereocenters. The van der Waals surface area contributed by atoms with Crippen molar-refractivity contribution < 1.29 is 9.47 Å². The lowest BCUT2D eigenvalue weighted by atomic mass is 10.1. The van der Waals surface area contributed by atoms with Gasteiger partial charge in [0.15, 0.2) is 5.96 Å². The number of likely N-dealkylation sites (tertiary alicyclic amines) is 1. The minimum atomic E-state index is 0.167. The SMILES string of the molecule is CN=C(NCc1ccnc(OC(C)CC(C)C)c1)N1CCC(COC)C1. The zero-order valence-electron chi connectivity index (χ0n) is 16.9. The fourth-order valence-corrected chi connectivity index (χ4v) is 3.45. The van der Waals surface area contributed by atoms with Gasteiger partial charge < -0.3 is 19.7 Å². The van der Waals surface area contributed by atoms with E-state index in [1.807, 2.05) is 25.4 Å². The van der Waals surface area contributed by atoms with Crippen molar-refractivity contribution in [3.63, 3.8) is 0 Å². The van der Waals surface area contributed by atoms with Crippen LogP contribution in [0.4, 0.5) is 0 Å². The Labute approximate surface area is 158 Å². The molecule has 2 heterocycles. The molecule has 1 N–H and O–H groups in total. The molecule has 2 unspecified atom stereocenters. The molecule has 1 aromatic rings. The number of hydrogen-bond donors (Lipinski definition) is 1. The Hall–Kier alpha value is -1.82. The van der Waals surface area contributed by atoms with Crippen LogP contribution in [0.15, 0.2) is 23.3 Å². The minimum absolute atomic E-state index is 0.167. The molecule has 2 rings (SSSR count). The van der Waals surface area contributed by atoms with E-state index in [0.29, 0.717) is 24.3 Å². The number of aromatic nitrogens is 1. The van der Waals surface area contributed by atoms with Gasteiger partial charge in [0.1, 0.15) is 0 Å². The average molecular weight is 363 g/mol. The van der Waals surface area contributed by atoms with Gasteiger partial charge in [-0.2, -0.15) is 0 Å². The van der Waals surface area contributed by atoms with Crippen molar-refractivity contribution in [2.75, 3.05) is 33.9 Å². The van der Waals surface area contributed by atoms with Crippen molar-refractivity contribution in [1.29, 1.82) is 0 Å². The molecule has 6 heteroatoms. The number of aliphatic imine (C=N–C) groups is 1. The van der Waals surface area contributed by atoms with E-state index < -0.39 is 0 Å². The third-order valence-electron chi connectivity index (χ3n) is 4.57. The number of rotatable bonds is 8. The first kappa shape index (κ1) is 20.5. The first-order valence-electron chi connectivity index (χ1n) is 9.58. The fourth-order valence-electron chi connectivity index (χ4n) is 3.45. The molecule has 0 aliphatic carbocycles. The third kappa shape index (κ3) is 6.48. The Bertz CT molecular complexity index is 577. The monoisotopic (exact) mass is 362 g/mol. The first-order chi connectivity index (χ1) is 12.5. The van der Waals surface area contributed by atoms with Crippen molar-refractivity contribution in [1.82, 2.24) is 15.2 Å². The second kappa shape index (κ2) is 10.4. The van der Waals surface area contributed by atoms with Gasteiger partial charge in [-0.15, -0.1) is 0 Å². The molecule has 0 bridgehead atoms. The predicted molar refractivity (Wildman–Crippen MR) is 106 cm³/mol. The molecule has 0 aromatic carbocycles. The molecule has 1 fully saturated rings. The van der Waals surface area contributed by atoms with Crippen LogP contribution in [0.3, 0.4) is 0 Å². The Morgan fingerprint density at radius 3 is 2.92 bits per heavy atom. The molecular formula is C20H34N4O2. The van der Waals surface area contributed by atoms with Crippen LogP contribution in [0, 0.1) is 11.8 Å². The number of nitrogens with zero attached hydrogens (tertiary/aromatic N) is 3. The summed E-state index contributed by atoms with van der Waals surface area (Å²) < 4.78 is 11.2. The molecule has 0 spiro atoms. The van der Waals surface area contributed by atoms with Crippen molar-refractivity contribution in [2.24, 2.45) is 16.8 Å². The highest BCUT2D eigenvalue weighted by Crippen LogP contribution is 2.17. The van der Waals surface area contributed by atoms with Gasteiger partial charge in [-0.25, -0.2) is 4.98 Å². The van der Waals surface area contributed by atoms with Crippen LogP contribution < -0.4 is 10.1 Å². The van der Waals surface area contributed by atoms with E-state index in [-0.39, 0.29) is 6.10 Å². The molecule has 0 amide bonds. The minimum Gasteiger partial charge on any atom is -0.475 e. The molecule has 146 valence electrons. The van der Waals surface area contributed by atoms with Crippen LogP contribution in [-0.4, -0.2) is 55.8 Å². The second-order valence-corrected chi connectivity index (χ2v) is 7.52. The predicted octanol–water partition coefficient (Wildman–Crippen LogP) is 2.94. The molecule has 0 saturated carbocycles. The average Bonchev–Trinajstić information content (AvgIpc) is 3.04. The summed E-state index contributed by atoms with van der Waals surface area (Å²) >= 11 is 0. The highest BCUT2D eigenvalue weighted by Gasteiger charge is 2.24. The molecule has 1 saturated heterocycles. The molecule has 1 aromatic heterocycles. The summed E-state index contributed by atoms with van der Waals surface area (Å²) in [4.78, 5) is 11.1. The lowest BCUT2D eigenvalue weighted by Crippen LogP contribution is -2.39. The van der Waals surface area contributed by atoms with Gasteiger partial charge in [0.2, 0.25) is 5.88 Å². The van der Waals surface area contributed by atoms with Gasteiger partial charge in [-0.3, -0.25) is 4.99 Å². The van der Waals surface area contributed by atoms with Crippen LogP contribution >= 0.6 is 0 Å². The summed E-state index contributed by atoms with van der Waals surface area (Å²) in [5.74, 6) is 2.83. The summed E-state index contributed by atoms with van der Waals surface area (Å²) in [5, 5.41) is 3.45. The molecule has 0 radical (unpaired) electrons. The van der Waals surface area contributed by atoms with Crippen molar-refractivity contribution in [2.45, 2.75) is 46.3 Å². The summed E-state index contributed by atoms with van der Waals surface area (Å²) in [6.45, 7) is 10.0. The van der Waals surface area contributed by atoms with Gasteiger partial charge in [0.25, 0.3) is 0 Å². The summed E-state index contributed by atoms with van der Waals surface area (Å²) in [6.07, 6.45) is 4.15. The number of ether oxygens (including phenoxy) is 2. The maximum atomic E-state index is 5.95. The maximum absolute atomic E-state index is 5.95. The van der Waals surface area contributed by atoms with E-state index in [0.717, 1.165) is 44.1 Å². The molecule has 26 heavy (non-hydrogen) atoms. The van der Waals surface area contributed by atoms with E-state index in [4.69, 9.17) is 9.47 Å². The van der Waals surface area contributed by atoms with E-state index >= 15 is 0 Å². The van der Waals surface area contributed by atoms with Crippen LogP contribution in [0.5, 0.6) is 5.88 Å². The van der Waals surface area contributed by atoms with Gasteiger partial charge >= 0.3 is 0 Å². The lowest BCUT2D eigenvalue weighted by molar-refractivity contribution is 0.157. The largest absolute Gasteiger partial charge is 0.475 e. The third-order valence-corrected chi connectivity index (χ3v) is 4.57. The van der Waals surface area contributed by atoms with Crippen LogP contribution in [0.1, 0.15) is 39.2 Å². The molecule has 6 nitrogen and oxygen atoms in total. The zero-order valence-corrected chi connectivity index (χ0v) is 16.9. The number of methoxy groups -OCH3 is 1. The number of hydrogen-bond acceptors (Lipinski definition) is 4. The normalized spacial score (nSPS) is 19.1. The molecule has 1 aliphatic rings. The second-order valence-electron chi connectivity index (χ2n) is 7.52. The molecular weight excluding hydrogens is 328 g/mol. The molecule has 1 aliphatic heterocycles. The Balaban J connectivity index is 1.87. The fraction of sp³-hybridized carbons (Fsp3) is 0.700. The van der Waals surface area contributed by atoms with E-state index in [2.05, 4.69) is 41.0 Å². The number of pyridine rings is 1. The topological polar surface area (TPSA) is 59.0 Å². The van der Waals surface area contributed by atoms with Crippen LogP contribution in [0.25, 0.3) is 0 Å². The summed E-state index contributed by atoms with van der Waals surface area (Å²) in [6, 6.07) is 4.02. The van der Waals surface area contributed by atoms with Gasteiger partial charge in [0, 0.05) is 52.0 Å². The zero-order chi connectivity index (χ0) is 18.9. The number of nitrogens with one attached hydrogen (secondary N) is 1. The van der Waals surface area contributed by atoms with Crippen LogP contribution in [-0.2, 0) is 11.3 Å². The smallest absolute Gasteiger partial charge is 0.213 e. The Morgan fingerprint density at radius 1 is 1.42 bits per heavy atom. The first-order valence-corrected chi connectivity index (χ1v) is 9.58. The summed E-state index contributed by atoms with van der Waals surface area (Å²) in [5.41, 5.74) is 1.14. The lowest BCUT2D eigenvalue weighted by Gasteiger charge is -2.22. The van der Waals surface area contributed by atoms with Crippen LogP contribution in [0.2, 0.25) is 0 Å². The maximum Gasteiger partial charge on any atom is 0.213 e. The van der Waals surface area contributed by atoms with Gasteiger partial charge in [0.05, 0.1) is 12.7 Å². The van der Waals surface area contributed by atoms with E-state index in [1.165, 1.54) is 0 Å². The Kier molecular flexibility index (Phi) is 8.16. The summed E-state index contributed by atoms with van der Waals surface area (Å²) in [7, 11) is 3.60. The quantitative estimate of drug-likeness (QED) is 0.569. The van der Waals surface area contributed by atoms with Gasteiger partial charge in [-0.05, 0) is 37.3 Å². The van der Waals surface area contributed by atoms with E-state index in [1.54, 1.807) is 7.11 Å². The number of guanidine groups is 1. The van der Waals surface area contributed by atoms with E-state index in [9.17, 15) is 0 Å². The highest BCUT2D eigenvalue weighted by molar-refractivity contribution is 5.80.